The van der Waals surface area contributed by atoms with Crippen molar-refractivity contribution in [3.05, 3.63) is 59.4 Å². The molecule has 0 fully saturated rings. The van der Waals surface area contributed by atoms with E-state index in [0.29, 0.717) is 28.7 Å². The zero-order chi connectivity index (χ0) is 20.5. The summed E-state index contributed by atoms with van der Waals surface area (Å²) >= 11 is 0. The summed E-state index contributed by atoms with van der Waals surface area (Å²) < 4.78 is 13.9. The van der Waals surface area contributed by atoms with E-state index in [2.05, 4.69) is 10.3 Å². The predicted molar refractivity (Wildman–Crippen MR) is 111 cm³/mol. The third-order valence-electron chi connectivity index (χ3n) is 4.53. The van der Waals surface area contributed by atoms with Gasteiger partial charge in [-0.15, -0.1) is 0 Å². The number of fused-ring (bicyclic) bond motifs is 1. The van der Waals surface area contributed by atoms with Crippen molar-refractivity contribution in [1.29, 1.82) is 0 Å². The van der Waals surface area contributed by atoms with Crippen LogP contribution < -0.4 is 26.1 Å². The third kappa shape index (κ3) is 3.33. The summed E-state index contributed by atoms with van der Waals surface area (Å²) in [6.07, 6.45) is 7.05. The summed E-state index contributed by atoms with van der Waals surface area (Å²) in [5.74, 6) is 1.78. The van der Waals surface area contributed by atoms with Gasteiger partial charge in [0.05, 0.1) is 25.6 Å². The summed E-state index contributed by atoms with van der Waals surface area (Å²) in [6, 6.07) is 7.10. The first kappa shape index (κ1) is 18.4. The standard InChI is InChI=1S/C20H20N6O3/c1-25-10-12(8-14(21)20(25)27)15-11-26-7-6-22-19(26)18(24-15)23-13-4-5-16(28-2)17(9-13)29-3/h4-11H,21H2,1-3H3,(H,23,24). The Morgan fingerprint density at radius 3 is 2.62 bits per heavy atom. The van der Waals surface area contributed by atoms with Gasteiger partial charge in [-0.1, -0.05) is 0 Å². The first-order valence-electron chi connectivity index (χ1n) is 8.79. The fraction of sp³-hybridized carbons (Fsp3) is 0.150. The maximum Gasteiger partial charge on any atom is 0.273 e. The minimum atomic E-state index is -0.249. The Labute approximate surface area is 166 Å². The van der Waals surface area contributed by atoms with Crippen LogP contribution in [0.5, 0.6) is 11.5 Å². The van der Waals surface area contributed by atoms with Gasteiger partial charge < -0.3 is 29.5 Å². The summed E-state index contributed by atoms with van der Waals surface area (Å²) in [5.41, 5.74) is 8.53. The van der Waals surface area contributed by atoms with Gasteiger partial charge >= 0.3 is 0 Å². The maximum absolute atomic E-state index is 11.9. The highest BCUT2D eigenvalue weighted by atomic mass is 16.5. The molecule has 9 heteroatoms. The Kier molecular flexibility index (Phi) is 4.55. The Hall–Kier alpha value is -4.01. The molecule has 29 heavy (non-hydrogen) atoms. The van der Waals surface area contributed by atoms with Crippen molar-refractivity contribution in [2.45, 2.75) is 0 Å². The molecule has 0 amide bonds. The number of hydrogen-bond donors (Lipinski definition) is 2. The molecule has 1 aromatic carbocycles. The molecule has 3 aromatic heterocycles. The molecule has 4 aromatic rings. The second-order valence-electron chi connectivity index (χ2n) is 6.43. The molecular formula is C20H20N6O3. The normalized spacial score (nSPS) is 10.9. The van der Waals surface area contributed by atoms with E-state index in [-0.39, 0.29) is 11.2 Å². The Morgan fingerprint density at radius 1 is 1.10 bits per heavy atom. The van der Waals surface area contributed by atoms with Crippen molar-refractivity contribution in [3.8, 4) is 22.8 Å². The molecule has 0 bridgehead atoms. The van der Waals surface area contributed by atoms with Crippen LogP contribution in [0.2, 0.25) is 0 Å². The number of methoxy groups -OCH3 is 2. The monoisotopic (exact) mass is 392 g/mol. The lowest BCUT2D eigenvalue weighted by molar-refractivity contribution is 0.355. The highest BCUT2D eigenvalue weighted by Gasteiger charge is 2.13. The van der Waals surface area contributed by atoms with Crippen molar-refractivity contribution in [3.63, 3.8) is 0 Å². The highest BCUT2D eigenvalue weighted by molar-refractivity contribution is 5.75. The lowest BCUT2D eigenvalue weighted by Gasteiger charge is -2.13. The van der Waals surface area contributed by atoms with Crippen LogP contribution in [0.15, 0.2) is 53.8 Å². The quantitative estimate of drug-likeness (QED) is 0.537. The third-order valence-corrected chi connectivity index (χ3v) is 4.53. The molecule has 9 nitrogen and oxygen atoms in total. The van der Waals surface area contributed by atoms with Crippen molar-refractivity contribution < 1.29 is 9.47 Å². The van der Waals surface area contributed by atoms with E-state index >= 15 is 0 Å². The molecule has 0 aliphatic rings. The molecule has 0 saturated heterocycles. The second-order valence-corrected chi connectivity index (χ2v) is 6.43. The Balaban J connectivity index is 1.81. The van der Waals surface area contributed by atoms with E-state index < -0.39 is 0 Å². The average molecular weight is 392 g/mol. The van der Waals surface area contributed by atoms with Gasteiger partial charge in [-0.05, 0) is 18.2 Å². The average Bonchev–Trinajstić information content (AvgIpc) is 3.20. The van der Waals surface area contributed by atoms with Crippen LogP contribution in [-0.2, 0) is 7.05 Å². The van der Waals surface area contributed by atoms with Gasteiger partial charge in [-0.3, -0.25) is 4.79 Å². The van der Waals surface area contributed by atoms with E-state index in [0.717, 1.165) is 11.3 Å². The summed E-state index contributed by atoms with van der Waals surface area (Å²) in [7, 11) is 4.82. The van der Waals surface area contributed by atoms with E-state index in [4.69, 9.17) is 20.2 Å². The molecule has 0 spiro atoms. The van der Waals surface area contributed by atoms with Crippen LogP contribution in [-0.4, -0.2) is 33.2 Å². The van der Waals surface area contributed by atoms with Crippen LogP contribution in [0.1, 0.15) is 0 Å². The topological polar surface area (TPSA) is 109 Å². The van der Waals surface area contributed by atoms with E-state index in [1.165, 1.54) is 4.57 Å². The van der Waals surface area contributed by atoms with Crippen molar-refractivity contribution in [1.82, 2.24) is 18.9 Å². The van der Waals surface area contributed by atoms with Crippen LogP contribution in [0.3, 0.4) is 0 Å². The van der Waals surface area contributed by atoms with Gasteiger partial charge in [-0.25, -0.2) is 9.97 Å². The van der Waals surface area contributed by atoms with Gasteiger partial charge in [0.15, 0.2) is 23.0 Å². The zero-order valence-electron chi connectivity index (χ0n) is 16.2. The van der Waals surface area contributed by atoms with Crippen molar-refractivity contribution in [2.75, 3.05) is 25.3 Å². The number of rotatable bonds is 5. The molecule has 0 atom stereocenters. The van der Waals surface area contributed by atoms with E-state index in [9.17, 15) is 4.79 Å². The van der Waals surface area contributed by atoms with Crippen LogP contribution in [0.25, 0.3) is 16.9 Å². The molecule has 0 unspecified atom stereocenters. The fourth-order valence-electron chi connectivity index (χ4n) is 3.08. The van der Waals surface area contributed by atoms with Gasteiger partial charge in [-0.2, -0.15) is 0 Å². The number of nitrogens with zero attached hydrogens (tertiary/aromatic N) is 4. The number of pyridine rings is 1. The Bertz CT molecular complexity index is 1230. The number of hydrogen-bond acceptors (Lipinski definition) is 7. The lowest BCUT2D eigenvalue weighted by atomic mass is 10.2. The fourth-order valence-corrected chi connectivity index (χ4v) is 3.08. The molecule has 3 N–H and O–H groups in total. The largest absolute Gasteiger partial charge is 0.493 e. The number of imidazole rings is 1. The zero-order valence-corrected chi connectivity index (χ0v) is 16.2. The minimum absolute atomic E-state index is 0.159. The van der Waals surface area contributed by atoms with Crippen LogP contribution in [0.4, 0.5) is 17.2 Å². The lowest BCUT2D eigenvalue weighted by Crippen LogP contribution is -2.19. The minimum Gasteiger partial charge on any atom is -0.493 e. The molecule has 0 aliphatic heterocycles. The SMILES string of the molecule is COc1ccc(Nc2nc(-c3cc(N)c(=O)n(C)c3)cn3ccnc23)cc1OC. The van der Waals surface area contributed by atoms with Gasteiger partial charge in [0, 0.05) is 49.2 Å². The number of aryl methyl sites for hydroxylation is 1. The number of aromatic nitrogens is 4. The van der Waals surface area contributed by atoms with Crippen LogP contribution in [0, 0.1) is 0 Å². The number of benzene rings is 1. The summed E-state index contributed by atoms with van der Waals surface area (Å²) in [4.78, 5) is 21.0. The summed E-state index contributed by atoms with van der Waals surface area (Å²) in [6.45, 7) is 0. The number of nitrogen functional groups attached to an aromatic ring is 1. The first-order valence-corrected chi connectivity index (χ1v) is 8.79. The number of anilines is 3. The van der Waals surface area contributed by atoms with Crippen LogP contribution >= 0.6 is 0 Å². The highest BCUT2D eigenvalue weighted by Crippen LogP contribution is 2.32. The second kappa shape index (κ2) is 7.19. The maximum atomic E-state index is 11.9. The van der Waals surface area contributed by atoms with E-state index in [1.807, 2.05) is 28.9 Å². The van der Waals surface area contributed by atoms with Crippen molar-refractivity contribution >= 4 is 22.8 Å². The molecule has 4 rings (SSSR count). The molecule has 0 aliphatic carbocycles. The molecule has 0 radical (unpaired) electrons. The van der Waals surface area contributed by atoms with Gasteiger partial charge in [0.2, 0.25) is 0 Å². The number of nitrogens with two attached hydrogens (primary N) is 1. The number of ether oxygens (including phenoxy) is 2. The predicted octanol–water partition coefficient (Wildman–Crippen LogP) is 2.44. The summed E-state index contributed by atoms with van der Waals surface area (Å²) in [5, 5.41) is 3.28. The Morgan fingerprint density at radius 2 is 1.90 bits per heavy atom. The first-order chi connectivity index (χ1) is 14.0. The smallest absolute Gasteiger partial charge is 0.273 e. The van der Waals surface area contributed by atoms with Crippen molar-refractivity contribution in [2.24, 2.45) is 7.05 Å². The molecule has 148 valence electrons. The molecular weight excluding hydrogens is 372 g/mol. The molecule has 3 heterocycles. The van der Waals surface area contributed by atoms with Gasteiger partial charge in [0.25, 0.3) is 5.56 Å². The number of nitrogens with one attached hydrogen (secondary N) is 1. The molecule has 0 saturated carbocycles. The van der Waals surface area contributed by atoms with E-state index in [1.54, 1.807) is 45.8 Å². The van der Waals surface area contributed by atoms with Gasteiger partial charge in [0.1, 0.15) is 0 Å².